The topological polar surface area (TPSA) is 24.9 Å². The van der Waals surface area contributed by atoms with Crippen LogP contribution in [-0.4, -0.2) is 68.9 Å². The monoisotopic (exact) mass is 338 g/mol. The van der Waals surface area contributed by atoms with E-state index in [1.54, 1.807) is 0 Å². The van der Waals surface area contributed by atoms with Gasteiger partial charge in [0.2, 0.25) is 0 Å². The largest absolute Gasteiger partial charge is 0.492 e. The van der Waals surface area contributed by atoms with Gasteiger partial charge in [-0.25, -0.2) is 0 Å². The predicted molar refractivity (Wildman–Crippen MR) is 93.4 cm³/mol. The van der Waals surface area contributed by atoms with Crippen molar-refractivity contribution >= 4 is 11.6 Å². The number of morpholine rings is 1. The molecular weight excluding hydrogens is 312 g/mol. The zero-order chi connectivity index (χ0) is 15.9. The summed E-state index contributed by atoms with van der Waals surface area (Å²) in [5.41, 5.74) is 0. The fourth-order valence-corrected chi connectivity index (χ4v) is 3.49. The first-order valence-corrected chi connectivity index (χ1v) is 9.08. The minimum absolute atomic E-state index is 0.746. The first-order valence-electron chi connectivity index (χ1n) is 8.70. The van der Waals surface area contributed by atoms with Crippen LogP contribution >= 0.6 is 11.6 Å². The Hall–Kier alpha value is -0.810. The van der Waals surface area contributed by atoms with E-state index in [0.717, 1.165) is 56.1 Å². The number of halogens is 1. The Kier molecular flexibility index (Phi) is 6.57. The van der Waals surface area contributed by atoms with Crippen LogP contribution in [0.4, 0.5) is 0 Å². The number of rotatable bonds is 6. The Morgan fingerprint density at radius 3 is 2.39 bits per heavy atom. The Labute approximate surface area is 144 Å². The Morgan fingerprint density at radius 1 is 1.00 bits per heavy atom. The molecule has 3 rings (SSSR count). The van der Waals surface area contributed by atoms with Gasteiger partial charge in [0, 0.05) is 31.2 Å². The summed E-state index contributed by atoms with van der Waals surface area (Å²) < 4.78 is 11.2. The smallest absolute Gasteiger partial charge is 0.119 e. The molecule has 2 aliphatic rings. The van der Waals surface area contributed by atoms with Crippen molar-refractivity contribution in [3.05, 3.63) is 29.3 Å². The fourth-order valence-electron chi connectivity index (χ4n) is 3.36. The van der Waals surface area contributed by atoms with Gasteiger partial charge in [0.05, 0.1) is 13.2 Å². The summed E-state index contributed by atoms with van der Waals surface area (Å²) in [5, 5.41) is 0.750. The van der Waals surface area contributed by atoms with Crippen LogP contribution in [0.25, 0.3) is 0 Å². The Balaban J connectivity index is 1.30. The van der Waals surface area contributed by atoms with Gasteiger partial charge in [0.1, 0.15) is 12.4 Å². The van der Waals surface area contributed by atoms with Crippen LogP contribution < -0.4 is 4.74 Å². The SMILES string of the molecule is Clc1ccc(OCCN2CCC(CN3CCOCC3)CC2)cc1. The van der Waals surface area contributed by atoms with Crippen molar-refractivity contribution in [3.63, 3.8) is 0 Å². The van der Waals surface area contributed by atoms with Crippen molar-refractivity contribution in [1.82, 2.24) is 9.80 Å². The molecule has 4 nitrogen and oxygen atoms in total. The number of nitrogens with zero attached hydrogens (tertiary/aromatic N) is 2. The van der Waals surface area contributed by atoms with Gasteiger partial charge in [0.25, 0.3) is 0 Å². The summed E-state index contributed by atoms with van der Waals surface area (Å²) in [7, 11) is 0. The molecule has 0 spiro atoms. The number of hydrogen-bond acceptors (Lipinski definition) is 4. The van der Waals surface area contributed by atoms with Gasteiger partial charge in [-0.15, -0.1) is 0 Å². The molecule has 2 aliphatic heterocycles. The second kappa shape index (κ2) is 8.88. The number of hydrogen-bond donors (Lipinski definition) is 0. The molecule has 23 heavy (non-hydrogen) atoms. The lowest BCUT2D eigenvalue weighted by molar-refractivity contribution is 0.0240. The summed E-state index contributed by atoms with van der Waals surface area (Å²) in [6.45, 7) is 9.41. The van der Waals surface area contributed by atoms with E-state index in [0.29, 0.717) is 0 Å². The summed E-state index contributed by atoms with van der Waals surface area (Å²) in [6.07, 6.45) is 2.61. The van der Waals surface area contributed by atoms with Crippen LogP contribution in [0.3, 0.4) is 0 Å². The summed E-state index contributed by atoms with van der Waals surface area (Å²) in [6, 6.07) is 7.59. The molecule has 1 aromatic carbocycles. The molecular formula is C18H27ClN2O2. The van der Waals surface area contributed by atoms with Gasteiger partial charge in [-0.1, -0.05) is 11.6 Å². The minimum atomic E-state index is 0.746. The van der Waals surface area contributed by atoms with E-state index in [9.17, 15) is 0 Å². The third-order valence-electron chi connectivity index (χ3n) is 4.82. The summed E-state index contributed by atoms with van der Waals surface area (Å²) in [4.78, 5) is 5.08. The maximum Gasteiger partial charge on any atom is 0.119 e. The highest BCUT2D eigenvalue weighted by Crippen LogP contribution is 2.19. The zero-order valence-corrected chi connectivity index (χ0v) is 14.5. The molecule has 0 aromatic heterocycles. The van der Waals surface area contributed by atoms with Crippen LogP contribution in [-0.2, 0) is 4.74 Å². The molecule has 0 radical (unpaired) electrons. The molecule has 0 N–H and O–H groups in total. The first-order chi connectivity index (χ1) is 11.3. The van der Waals surface area contributed by atoms with Gasteiger partial charge in [0.15, 0.2) is 0 Å². The zero-order valence-electron chi connectivity index (χ0n) is 13.8. The van der Waals surface area contributed by atoms with Crippen molar-refractivity contribution in [2.45, 2.75) is 12.8 Å². The van der Waals surface area contributed by atoms with E-state index in [2.05, 4.69) is 9.80 Å². The van der Waals surface area contributed by atoms with E-state index in [4.69, 9.17) is 21.1 Å². The molecule has 0 amide bonds. The van der Waals surface area contributed by atoms with Crippen molar-refractivity contribution in [2.24, 2.45) is 5.92 Å². The molecule has 5 heteroatoms. The molecule has 0 saturated carbocycles. The van der Waals surface area contributed by atoms with E-state index in [1.165, 1.54) is 32.5 Å². The quantitative estimate of drug-likeness (QED) is 0.796. The Bertz CT molecular complexity index is 455. The first kappa shape index (κ1) is 17.0. The molecule has 0 aliphatic carbocycles. The van der Waals surface area contributed by atoms with E-state index in [-0.39, 0.29) is 0 Å². The minimum Gasteiger partial charge on any atom is -0.492 e. The van der Waals surface area contributed by atoms with Gasteiger partial charge in [-0.3, -0.25) is 9.80 Å². The van der Waals surface area contributed by atoms with Gasteiger partial charge < -0.3 is 9.47 Å². The van der Waals surface area contributed by atoms with Crippen LogP contribution in [0.1, 0.15) is 12.8 Å². The second-order valence-electron chi connectivity index (χ2n) is 6.50. The molecule has 0 atom stereocenters. The molecule has 2 heterocycles. The van der Waals surface area contributed by atoms with E-state index >= 15 is 0 Å². The van der Waals surface area contributed by atoms with Gasteiger partial charge in [-0.2, -0.15) is 0 Å². The lowest BCUT2D eigenvalue weighted by atomic mass is 9.96. The van der Waals surface area contributed by atoms with Crippen molar-refractivity contribution in [2.75, 3.05) is 59.1 Å². The molecule has 1 aromatic rings. The fraction of sp³-hybridized carbons (Fsp3) is 0.667. The van der Waals surface area contributed by atoms with E-state index < -0.39 is 0 Å². The number of ether oxygens (including phenoxy) is 2. The Morgan fingerprint density at radius 2 is 1.70 bits per heavy atom. The lowest BCUT2D eigenvalue weighted by Crippen LogP contribution is -2.43. The second-order valence-corrected chi connectivity index (χ2v) is 6.94. The summed E-state index contributed by atoms with van der Waals surface area (Å²) in [5.74, 6) is 1.75. The predicted octanol–water partition coefficient (Wildman–Crippen LogP) is 2.76. The molecule has 2 fully saturated rings. The average Bonchev–Trinajstić information content (AvgIpc) is 2.59. The third-order valence-corrected chi connectivity index (χ3v) is 5.07. The molecule has 0 unspecified atom stereocenters. The van der Waals surface area contributed by atoms with Crippen molar-refractivity contribution in [1.29, 1.82) is 0 Å². The van der Waals surface area contributed by atoms with Gasteiger partial charge >= 0.3 is 0 Å². The normalized spacial score (nSPS) is 21.4. The van der Waals surface area contributed by atoms with Crippen molar-refractivity contribution < 1.29 is 9.47 Å². The highest BCUT2D eigenvalue weighted by Gasteiger charge is 2.22. The highest BCUT2D eigenvalue weighted by molar-refractivity contribution is 6.30. The number of piperidine rings is 1. The maximum atomic E-state index is 5.88. The number of benzene rings is 1. The molecule has 2 saturated heterocycles. The van der Waals surface area contributed by atoms with Crippen molar-refractivity contribution in [3.8, 4) is 5.75 Å². The molecule has 0 bridgehead atoms. The van der Waals surface area contributed by atoms with E-state index in [1.807, 2.05) is 24.3 Å². The van der Waals surface area contributed by atoms with Crippen LogP contribution in [0.15, 0.2) is 24.3 Å². The highest BCUT2D eigenvalue weighted by atomic mass is 35.5. The third kappa shape index (κ3) is 5.64. The van der Waals surface area contributed by atoms with Crippen LogP contribution in [0.2, 0.25) is 5.02 Å². The van der Waals surface area contributed by atoms with Crippen LogP contribution in [0, 0.1) is 5.92 Å². The summed E-state index contributed by atoms with van der Waals surface area (Å²) >= 11 is 5.88. The average molecular weight is 339 g/mol. The lowest BCUT2D eigenvalue weighted by Gasteiger charge is -2.36. The van der Waals surface area contributed by atoms with Gasteiger partial charge in [-0.05, 0) is 56.1 Å². The molecule has 128 valence electrons. The maximum absolute atomic E-state index is 5.88. The number of likely N-dealkylation sites (tertiary alicyclic amines) is 1. The van der Waals surface area contributed by atoms with Crippen LogP contribution in [0.5, 0.6) is 5.75 Å². The standard InChI is InChI=1S/C18H27ClN2O2/c19-17-1-3-18(4-2-17)23-14-11-20-7-5-16(6-8-20)15-21-9-12-22-13-10-21/h1-4,16H,5-15H2.